The highest BCUT2D eigenvalue weighted by Crippen LogP contribution is 2.26. The molecule has 88 valence electrons. The molecule has 1 amide bonds. The van der Waals surface area contributed by atoms with E-state index in [2.05, 4.69) is 11.1 Å². The highest BCUT2D eigenvalue weighted by molar-refractivity contribution is 5.84. The Morgan fingerprint density at radius 1 is 1.65 bits per heavy atom. The van der Waals surface area contributed by atoms with Crippen molar-refractivity contribution in [2.45, 2.75) is 25.8 Å². The quantitative estimate of drug-likeness (QED) is 0.811. The Morgan fingerprint density at radius 2 is 2.41 bits per heavy atom. The number of aromatic nitrogens is 1. The zero-order valence-electron chi connectivity index (χ0n) is 9.68. The molecule has 5 heteroatoms. The van der Waals surface area contributed by atoms with Crippen molar-refractivity contribution in [3.05, 3.63) is 23.4 Å². The van der Waals surface area contributed by atoms with Crippen molar-refractivity contribution < 1.29 is 4.79 Å². The predicted molar refractivity (Wildman–Crippen MR) is 63.3 cm³/mol. The molecule has 1 aromatic heterocycles. The van der Waals surface area contributed by atoms with Gasteiger partial charge in [-0.1, -0.05) is 0 Å². The smallest absolute Gasteiger partial charge is 0.240 e. The fourth-order valence-corrected chi connectivity index (χ4v) is 2.17. The van der Waals surface area contributed by atoms with E-state index in [1.807, 2.05) is 11.8 Å². The average Bonchev–Trinajstić information content (AvgIpc) is 2.77. The normalized spacial score (nSPS) is 19.1. The predicted octanol–water partition coefficient (Wildman–Crippen LogP) is 0.716. The second kappa shape index (κ2) is 4.42. The summed E-state index contributed by atoms with van der Waals surface area (Å²) in [5, 5.41) is 9.06. The Bertz CT molecular complexity index is 492. The molecular formula is C12H14N4O. The molecule has 2 rings (SSSR count). The number of pyridine rings is 1. The van der Waals surface area contributed by atoms with E-state index in [0.29, 0.717) is 11.4 Å². The van der Waals surface area contributed by atoms with Crippen molar-refractivity contribution in [3.8, 4) is 6.07 Å². The van der Waals surface area contributed by atoms with Gasteiger partial charge in [0.1, 0.15) is 17.9 Å². The summed E-state index contributed by atoms with van der Waals surface area (Å²) in [4.78, 5) is 17.5. The van der Waals surface area contributed by atoms with Crippen molar-refractivity contribution in [1.82, 2.24) is 4.98 Å². The number of hydrogen-bond donors (Lipinski definition) is 1. The Labute approximate surface area is 99.9 Å². The minimum atomic E-state index is -0.352. The summed E-state index contributed by atoms with van der Waals surface area (Å²) in [6.45, 7) is 2.58. The zero-order chi connectivity index (χ0) is 12.4. The van der Waals surface area contributed by atoms with E-state index >= 15 is 0 Å². The maximum atomic E-state index is 11.3. The van der Waals surface area contributed by atoms with Crippen LogP contribution in [-0.4, -0.2) is 23.5 Å². The van der Waals surface area contributed by atoms with Gasteiger partial charge in [-0.15, -0.1) is 0 Å². The Balaban J connectivity index is 2.42. The lowest BCUT2D eigenvalue weighted by atomic mass is 10.2. The number of carbonyl (C=O) groups is 1. The van der Waals surface area contributed by atoms with Crippen LogP contribution in [-0.2, 0) is 4.79 Å². The SMILES string of the molecule is Cc1ccc(C#N)c(N2CCCC2C(N)=O)n1. The summed E-state index contributed by atoms with van der Waals surface area (Å²) < 4.78 is 0. The lowest BCUT2D eigenvalue weighted by Gasteiger charge is -2.24. The van der Waals surface area contributed by atoms with Gasteiger partial charge in [-0.3, -0.25) is 4.79 Å². The van der Waals surface area contributed by atoms with Crippen LogP contribution in [0.3, 0.4) is 0 Å². The van der Waals surface area contributed by atoms with Crippen LogP contribution in [0.5, 0.6) is 0 Å². The fraction of sp³-hybridized carbons (Fsp3) is 0.417. The van der Waals surface area contributed by atoms with Crippen molar-refractivity contribution >= 4 is 11.7 Å². The van der Waals surface area contributed by atoms with Crippen molar-refractivity contribution in [2.24, 2.45) is 5.73 Å². The standard InChI is InChI=1S/C12H14N4O/c1-8-4-5-9(7-13)12(15-8)16-6-2-3-10(16)11(14)17/h4-5,10H,2-3,6H2,1H3,(H2,14,17). The third kappa shape index (κ3) is 2.07. The molecule has 5 nitrogen and oxygen atoms in total. The van der Waals surface area contributed by atoms with Gasteiger partial charge in [0.2, 0.25) is 5.91 Å². The van der Waals surface area contributed by atoms with Gasteiger partial charge in [0, 0.05) is 12.2 Å². The van der Waals surface area contributed by atoms with E-state index in [9.17, 15) is 4.79 Å². The van der Waals surface area contributed by atoms with E-state index in [1.165, 1.54) is 0 Å². The molecule has 0 bridgehead atoms. The monoisotopic (exact) mass is 230 g/mol. The van der Waals surface area contributed by atoms with Gasteiger partial charge in [0.25, 0.3) is 0 Å². The van der Waals surface area contributed by atoms with E-state index < -0.39 is 0 Å². The van der Waals surface area contributed by atoms with E-state index in [4.69, 9.17) is 11.0 Å². The largest absolute Gasteiger partial charge is 0.368 e. The van der Waals surface area contributed by atoms with Crippen molar-refractivity contribution in [1.29, 1.82) is 5.26 Å². The number of nitrogens with two attached hydrogens (primary N) is 1. The summed E-state index contributed by atoms with van der Waals surface area (Å²) in [6.07, 6.45) is 1.63. The van der Waals surface area contributed by atoms with Crippen LogP contribution in [0, 0.1) is 18.3 Å². The molecule has 1 aliphatic heterocycles. The van der Waals surface area contributed by atoms with E-state index in [0.717, 1.165) is 25.1 Å². The van der Waals surface area contributed by atoms with Crippen molar-refractivity contribution in [3.63, 3.8) is 0 Å². The minimum Gasteiger partial charge on any atom is -0.368 e. The molecule has 2 heterocycles. The lowest BCUT2D eigenvalue weighted by molar-refractivity contribution is -0.119. The third-order valence-corrected chi connectivity index (χ3v) is 2.99. The molecule has 1 aliphatic rings. The number of primary amides is 1. The highest BCUT2D eigenvalue weighted by atomic mass is 16.1. The number of anilines is 1. The van der Waals surface area contributed by atoms with Gasteiger partial charge in [-0.2, -0.15) is 5.26 Å². The number of hydrogen-bond acceptors (Lipinski definition) is 4. The third-order valence-electron chi connectivity index (χ3n) is 2.99. The van der Waals surface area contributed by atoms with Gasteiger partial charge in [-0.25, -0.2) is 4.98 Å². The van der Waals surface area contributed by atoms with E-state index in [1.54, 1.807) is 12.1 Å². The summed E-state index contributed by atoms with van der Waals surface area (Å²) in [7, 11) is 0. The molecule has 1 saturated heterocycles. The number of nitrogens with zero attached hydrogens (tertiary/aromatic N) is 3. The van der Waals surface area contributed by atoms with Crippen LogP contribution in [0.1, 0.15) is 24.1 Å². The number of amides is 1. The zero-order valence-corrected chi connectivity index (χ0v) is 9.68. The molecule has 0 saturated carbocycles. The van der Waals surface area contributed by atoms with E-state index in [-0.39, 0.29) is 11.9 Å². The summed E-state index contributed by atoms with van der Waals surface area (Å²) in [5.74, 6) is 0.225. The molecular weight excluding hydrogens is 216 g/mol. The second-order valence-electron chi connectivity index (χ2n) is 4.19. The maximum absolute atomic E-state index is 11.3. The molecule has 2 N–H and O–H groups in total. The summed E-state index contributed by atoms with van der Waals surface area (Å²) in [5.41, 5.74) is 6.68. The van der Waals surface area contributed by atoms with Gasteiger partial charge < -0.3 is 10.6 Å². The molecule has 1 aromatic rings. The van der Waals surface area contributed by atoms with Crippen LogP contribution in [0.4, 0.5) is 5.82 Å². The van der Waals surface area contributed by atoms with Gasteiger partial charge >= 0.3 is 0 Å². The Hall–Kier alpha value is -2.09. The molecule has 1 atom stereocenters. The van der Waals surface area contributed by atoms with Crippen LogP contribution in [0.2, 0.25) is 0 Å². The van der Waals surface area contributed by atoms with Crippen molar-refractivity contribution in [2.75, 3.05) is 11.4 Å². The number of rotatable bonds is 2. The molecule has 1 unspecified atom stereocenters. The second-order valence-corrected chi connectivity index (χ2v) is 4.19. The van der Waals surface area contributed by atoms with Gasteiger partial charge in [-0.05, 0) is 31.9 Å². The molecule has 1 fully saturated rings. The number of carbonyl (C=O) groups excluding carboxylic acids is 1. The molecule has 17 heavy (non-hydrogen) atoms. The van der Waals surface area contributed by atoms with Gasteiger partial charge in [0.05, 0.1) is 5.56 Å². The average molecular weight is 230 g/mol. The number of nitriles is 1. The maximum Gasteiger partial charge on any atom is 0.240 e. The lowest BCUT2D eigenvalue weighted by Crippen LogP contribution is -2.41. The summed E-state index contributed by atoms with van der Waals surface area (Å²) in [6, 6.07) is 5.29. The Kier molecular flexibility index (Phi) is 2.96. The molecule has 0 aromatic carbocycles. The first kappa shape index (κ1) is 11.4. The minimum absolute atomic E-state index is 0.337. The highest BCUT2D eigenvalue weighted by Gasteiger charge is 2.31. The first-order chi connectivity index (χ1) is 8.13. The molecule has 0 spiro atoms. The Morgan fingerprint density at radius 3 is 3.06 bits per heavy atom. The molecule has 0 radical (unpaired) electrons. The van der Waals surface area contributed by atoms with Crippen LogP contribution < -0.4 is 10.6 Å². The topological polar surface area (TPSA) is 83.0 Å². The molecule has 0 aliphatic carbocycles. The van der Waals surface area contributed by atoms with Crippen LogP contribution in [0.15, 0.2) is 12.1 Å². The van der Waals surface area contributed by atoms with Crippen LogP contribution in [0.25, 0.3) is 0 Å². The number of aryl methyl sites for hydroxylation is 1. The fourth-order valence-electron chi connectivity index (χ4n) is 2.17. The van der Waals surface area contributed by atoms with Gasteiger partial charge in [0.15, 0.2) is 0 Å². The first-order valence-corrected chi connectivity index (χ1v) is 5.57. The first-order valence-electron chi connectivity index (χ1n) is 5.57. The van der Waals surface area contributed by atoms with Crippen LogP contribution >= 0.6 is 0 Å². The summed E-state index contributed by atoms with van der Waals surface area (Å²) >= 11 is 0.